The van der Waals surface area contributed by atoms with Crippen LogP contribution in [0.25, 0.3) is 77.8 Å². The third-order valence-electron chi connectivity index (χ3n) is 15.7. The predicted molar refractivity (Wildman–Crippen MR) is 307 cm³/mol. The average Bonchev–Trinajstić information content (AvgIpc) is 4.14. The van der Waals surface area contributed by atoms with Crippen molar-refractivity contribution in [3.63, 3.8) is 0 Å². The predicted octanol–water partition coefficient (Wildman–Crippen LogP) is 15.7. The van der Waals surface area contributed by atoms with Gasteiger partial charge in [-0.25, -0.2) is 0 Å². The molecule has 0 radical (unpaired) electrons. The molecule has 8 aromatic rings. The monoisotopic (exact) mass is 1020 g/mol. The summed E-state index contributed by atoms with van der Waals surface area (Å²) < 4.78 is 45.1. The minimum Gasteiger partial charge on any atom is -0.497 e. The number of aromatic nitrogens is 2. The lowest BCUT2D eigenvalue weighted by Crippen LogP contribution is -2.37. The first-order valence-electron chi connectivity index (χ1n) is 26.4. The standard InChI is InChI=1S/C66H68N2O6S/c1-7-9-11-13-33-65(34-14-12-10-8-2)59-39-47(45-15-23-51(71-5)24-16-45)19-27-55(59)56-28-20-48(40-60(56)65)49-21-29-57-58-30-22-50(42-62(58)66(61(57)41-49,43-73-37-35-69-3)44-74-38-36-70-4)54-32-31-53(63-64(54)68-75-67-63)46-17-25-52(72-6)26-18-46/h7-8,15-32,39-42H,1-2,9-14,33-38,43-44H2,3-6H3. The van der Waals surface area contributed by atoms with Gasteiger partial charge in [0, 0.05) is 30.8 Å². The number of ether oxygens (including phenoxy) is 6. The highest BCUT2D eigenvalue weighted by molar-refractivity contribution is 7.00. The van der Waals surface area contributed by atoms with Crippen molar-refractivity contribution in [2.24, 2.45) is 0 Å². The first-order valence-corrected chi connectivity index (χ1v) is 27.1. The van der Waals surface area contributed by atoms with Crippen molar-refractivity contribution >= 4 is 22.8 Å². The van der Waals surface area contributed by atoms with E-state index in [4.69, 9.17) is 37.2 Å². The topological polar surface area (TPSA) is 81.2 Å². The Labute approximate surface area is 447 Å². The first kappa shape index (κ1) is 51.8. The number of rotatable bonds is 26. The molecule has 0 amide bonds. The van der Waals surface area contributed by atoms with Crippen molar-refractivity contribution in [2.75, 3.05) is 68.1 Å². The van der Waals surface area contributed by atoms with Crippen molar-refractivity contribution < 1.29 is 28.4 Å². The van der Waals surface area contributed by atoms with E-state index in [-0.39, 0.29) is 5.41 Å². The van der Waals surface area contributed by atoms with E-state index in [0.717, 1.165) is 107 Å². The molecule has 1 aromatic heterocycles. The Morgan fingerprint density at radius 2 is 0.787 bits per heavy atom. The maximum atomic E-state index is 6.66. The molecule has 8 nitrogen and oxygen atoms in total. The van der Waals surface area contributed by atoms with Crippen molar-refractivity contribution in [2.45, 2.75) is 62.2 Å². The van der Waals surface area contributed by atoms with E-state index in [1.807, 2.05) is 12.1 Å². The van der Waals surface area contributed by atoms with E-state index in [1.165, 1.54) is 67.4 Å². The minimum absolute atomic E-state index is 0.173. The molecule has 0 atom stereocenters. The zero-order valence-corrected chi connectivity index (χ0v) is 44.7. The number of hydrogen-bond donors (Lipinski definition) is 0. The van der Waals surface area contributed by atoms with Crippen molar-refractivity contribution in [1.29, 1.82) is 0 Å². The number of methoxy groups -OCH3 is 4. The Kier molecular flexibility index (Phi) is 16.2. The molecule has 9 heteroatoms. The Bertz CT molecular complexity index is 3260. The summed E-state index contributed by atoms with van der Waals surface area (Å²) in [6.07, 6.45) is 12.7. The fourth-order valence-electron chi connectivity index (χ4n) is 11.8. The van der Waals surface area contributed by atoms with E-state index < -0.39 is 5.41 Å². The summed E-state index contributed by atoms with van der Waals surface area (Å²) in [6.45, 7) is 10.8. The molecule has 0 unspecified atom stereocenters. The summed E-state index contributed by atoms with van der Waals surface area (Å²) in [4.78, 5) is 0. The highest BCUT2D eigenvalue weighted by Crippen LogP contribution is 2.57. The van der Waals surface area contributed by atoms with Crippen LogP contribution >= 0.6 is 11.7 Å². The molecular formula is C66H68N2O6S. The van der Waals surface area contributed by atoms with E-state index in [0.29, 0.717) is 39.6 Å². The van der Waals surface area contributed by atoms with Gasteiger partial charge in [0.2, 0.25) is 0 Å². The van der Waals surface area contributed by atoms with Crippen molar-refractivity contribution in [3.8, 4) is 78.3 Å². The Hall–Kier alpha value is -6.72. The fourth-order valence-corrected chi connectivity index (χ4v) is 12.4. The van der Waals surface area contributed by atoms with Crippen LogP contribution in [0.2, 0.25) is 0 Å². The van der Waals surface area contributed by atoms with Crippen LogP contribution in [0.1, 0.15) is 73.6 Å². The van der Waals surface area contributed by atoms with Gasteiger partial charge in [0.15, 0.2) is 0 Å². The number of nitrogens with zero attached hydrogens (tertiary/aromatic N) is 2. The largest absolute Gasteiger partial charge is 0.497 e. The fraction of sp³-hybridized carbons (Fsp3) is 0.303. The van der Waals surface area contributed by atoms with Crippen LogP contribution in [0.15, 0.2) is 159 Å². The van der Waals surface area contributed by atoms with E-state index in [2.05, 4.69) is 147 Å². The molecule has 2 aliphatic rings. The lowest BCUT2D eigenvalue weighted by molar-refractivity contribution is 0.00533. The van der Waals surface area contributed by atoms with Gasteiger partial charge >= 0.3 is 0 Å². The van der Waals surface area contributed by atoms with Gasteiger partial charge in [-0.1, -0.05) is 110 Å². The Morgan fingerprint density at radius 1 is 0.413 bits per heavy atom. The minimum atomic E-state index is -0.661. The van der Waals surface area contributed by atoms with Crippen LogP contribution in [0, 0.1) is 0 Å². The molecule has 0 N–H and O–H groups in total. The van der Waals surface area contributed by atoms with Gasteiger partial charge in [-0.3, -0.25) is 0 Å². The van der Waals surface area contributed by atoms with Crippen LogP contribution < -0.4 is 9.47 Å². The van der Waals surface area contributed by atoms with Gasteiger partial charge in [-0.05, 0) is 165 Å². The molecule has 2 aliphatic carbocycles. The van der Waals surface area contributed by atoms with Gasteiger partial charge in [0.1, 0.15) is 22.5 Å². The van der Waals surface area contributed by atoms with E-state index in [1.54, 1.807) is 28.4 Å². The summed E-state index contributed by atoms with van der Waals surface area (Å²) in [5, 5.41) is 0. The number of benzene rings is 7. The third-order valence-corrected chi connectivity index (χ3v) is 16.2. The molecule has 7 aromatic carbocycles. The zero-order valence-electron chi connectivity index (χ0n) is 43.9. The Morgan fingerprint density at radius 3 is 1.23 bits per heavy atom. The summed E-state index contributed by atoms with van der Waals surface area (Å²) in [7, 11) is 6.83. The molecule has 0 saturated heterocycles. The summed E-state index contributed by atoms with van der Waals surface area (Å²) >= 11 is 1.24. The molecule has 0 spiro atoms. The second-order valence-corrected chi connectivity index (χ2v) is 20.5. The SMILES string of the molecule is C=CCCCCC1(CCCCC=C)c2cc(-c3ccc(OC)cc3)ccc2-c2ccc(-c3ccc4c(c3)C(COCCOC)(COCCOC)c3cc(-c5ccc(-c6ccc(OC)cc6)c6nsnc56)ccc3-4)cc21. The van der Waals surface area contributed by atoms with Gasteiger partial charge < -0.3 is 28.4 Å². The van der Waals surface area contributed by atoms with Crippen LogP contribution in [0.5, 0.6) is 11.5 Å². The molecule has 0 bridgehead atoms. The van der Waals surface area contributed by atoms with Crippen LogP contribution in [-0.2, 0) is 29.8 Å². The molecular weight excluding hydrogens is 949 g/mol. The molecule has 75 heavy (non-hydrogen) atoms. The zero-order chi connectivity index (χ0) is 51.8. The molecule has 384 valence electrons. The van der Waals surface area contributed by atoms with Crippen LogP contribution in [0.4, 0.5) is 0 Å². The second-order valence-electron chi connectivity index (χ2n) is 19.9. The Balaban J connectivity index is 1.09. The van der Waals surface area contributed by atoms with Crippen molar-refractivity contribution in [3.05, 3.63) is 181 Å². The van der Waals surface area contributed by atoms with Gasteiger partial charge in [0.25, 0.3) is 0 Å². The van der Waals surface area contributed by atoms with Crippen LogP contribution in [-0.4, -0.2) is 76.8 Å². The van der Waals surface area contributed by atoms with Gasteiger partial charge in [-0.2, -0.15) is 8.75 Å². The highest BCUT2D eigenvalue weighted by atomic mass is 32.1. The first-order chi connectivity index (χ1) is 36.9. The summed E-state index contributed by atoms with van der Waals surface area (Å²) in [5.74, 6) is 1.67. The van der Waals surface area contributed by atoms with Crippen LogP contribution in [0.3, 0.4) is 0 Å². The molecule has 0 aliphatic heterocycles. The number of allylic oxidation sites excluding steroid dienone is 2. The smallest absolute Gasteiger partial charge is 0.118 e. The van der Waals surface area contributed by atoms with E-state index in [9.17, 15) is 0 Å². The number of hydrogen-bond acceptors (Lipinski definition) is 9. The van der Waals surface area contributed by atoms with Gasteiger partial charge in [0.05, 0.1) is 71.0 Å². The lowest BCUT2D eigenvalue weighted by atomic mass is 9.70. The maximum Gasteiger partial charge on any atom is 0.118 e. The third kappa shape index (κ3) is 10.1. The number of fused-ring (bicyclic) bond motifs is 7. The average molecular weight is 1020 g/mol. The maximum absolute atomic E-state index is 6.66. The molecule has 0 saturated carbocycles. The second kappa shape index (κ2) is 23.4. The van der Waals surface area contributed by atoms with E-state index >= 15 is 0 Å². The number of unbranched alkanes of at least 4 members (excludes halogenated alkanes) is 4. The molecule has 0 fully saturated rings. The van der Waals surface area contributed by atoms with Gasteiger partial charge in [-0.15, -0.1) is 13.2 Å². The highest BCUT2D eigenvalue weighted by Gasteiger charge is 2.46. The summed E-state index contributed by atoms with van der Waals surface area (Å²) in [5.41, 5.74) is 20.1. The molecule has 1 heterocycles. The lowest BCUT2D eigenvalue weighted by Gasteiger charge is -2.34. The normalized spacial score (nSPS) is 13.5. The quantitative estimate of drug-likeness (QED) is 0.0392. The van der Waals surface area contributed by atoms with Crippen molar-refractivity contribution in [1.82, 2.24) is 8.75 Å². The summed E-state index contributed by atoms with van der Waals surface area (Å²) in [6, 6.07) is 49.2. The molecule has 10 rings (SSSR count).